The average molecular weight is 175 g/mol. The summed E-state index contributed by atoms with van der Waals surface area (Å²) in [7, 11) is 0. The Balaban J connectivity index is 3.51. The summed E-state index contributed by atoms with van der Waals surface area (Å²) in [6.07, 6.45) is 1.34. The van der Waals surface area contributed by atoms with E-state index in [-0.39, 0.29) is 12.6 Å². The zero-order valence-electron chi connectivity index (χ0n) is 8.25. The second kappa shape index (κ2) is 6.40. The SMILES string of the molecule is CC[C@H](C)CC(O)NC(C)CO. The topological polar surface area (TPSA) is 52.5 Å². The quantitative estimate of drug-likeness (QED) is 0.521. The molecule has 0 bridgehead atoms. The molecule has 3 nitrogen and oxygen atoms in total. The molecule has 74 valence electrons. The highest BCUT2D eigenvalue weighted by Crippen LogP contribution is 2.08. The number of rotatable bonds is 6. The van der Waals surface area contributed by atoms with E-state index in [1.54, 1.807) is 0 Å². The van der Waals surface area contributed by atoms with E-state index in [0.29, 0.717) is 5.92 Å². The van der Waals surface area contributed by atoms with Gasteiger partial charge < -0.3 is 10.2 Å². The fourth-order valence-electron chi connectivity index (χ4n) is 0.997. The van der Waals surface area contributed by atoms with Gasteiger partial charge >= 0.3 is 0 Å². The van der Waals surface area contributed by atoms with Crippen molar-refractivity contribution in [3.05, 3.63) is 0 Å². The Labute approximate surface area is 74.8 Å². The van der Waals surface area contributed by atoms with Gasteiger partial charge in [-0.3, -0.25) is 5.32 Å². The smallest absolute Gasteiger partial charge is 0.105 e. The van der Waals surface area contributed by atoms with E-state index in [9.17, 15) is 5.11 Å². The van der Waals surface area contributed by atoms with E-state index in [4.69, 9.17) is 5.11 Å². The van der Waals surface area contributed by atoms with Crippen LogP contribution in [-0.2, 0) is 0 Å². The average Bonchev–Trinajstić information content (AvgIpc) is 2.03. The second-order valence-corrected chi connectivity index (χ2v) is 3.52. The lowest BCUT2D eigenvalue weighted by Gasteiger charge is -2.19. The molecule has 3 N–H and O–H groups in total. The number of hydrogen-bond donors (Lipinski definition) is 3. The molecule has 0 amide bonds. The molecular weight excluding hydrogens is 154 g/mol. The van der Waals surface area contributed by atoms with Crippen LogP contribution in [0.5, 0.6) is 0 Å². The predicted molar refractivity (Wildman–Crippen MR) is 49.8 cm³/mol. The van der Waals surface area contributed by atoms with Crippen LogP contribution < -0.4 is 5.32 Å². The lowest BCUT2D eigenvalue weighted by molar-refractivity contribution is 0.0863. The Kier molecular flexibility index (Phi) is 6.34. The van der Waals surface area contributed by atoms with Crippen LogP contribution in [0.2, 0.25) is 0 Å². The minimum atomic E-state index is -0.484. The third-order valence-corrected chi connectivity index (χ3v) is 2.07. The number of aliphatic hydroxyl groups excluding tert-OH is 2. The first-order valence-electron chi connectivity index (χ1n) is 4.65. The van der Waals surface area contributed by atoms with E-state index in [1.165, 1.54) is 0 Å². The van der Waals surface area contributed by atoms with Crippen molar-refractivity contribution in [2.45, 2.75) is 45.9 Å². The van der Waals surface area contributed by atoms with Crippen LogP contribution in [0.25, 0.3) is 0 Å². The zero-order valence-corrected chi connectivity index (χ0v) is 8.25. The van der Waals surface area contributed by atoms with Crippen LogP contribution in [-0.4, -0.2) is 29.1 Å². The van der Waals surface area contributed by atoms with Crippen LogP contribution in [0.3, 0.4) is 0 Å². The summed E-state index contributed by atoms with van der Waals surface area (Å²) in [5, 5.41) is 21.0. The van der Waals surface area contributed by atoms with Crippen molar-refractivity contribution in [1.82, 2.24) is 5.32 Å². The summed E-state index contributed by atoms with van der Waals surface area (Å²) in [6.45, 7) is 6.12. The maximum atomic E-state index is 9.43. The summed E-state index contributed by atoms with van der Waals surface area (Å²) >= 11 is 0. The highest BCUT2D eigenvalue weighted by molar-refractivity contribution is 4.63. The Hall–Kier alpha value is -0.120. The first-order chi connectivity index (χ1) is 5.60. The number of aliphatic hydroxyl groups is 2. The summed E-state index contributed by atoms with van der Waals surface area (Å²) < 4.78 is 0. The minimum Gasteiger partial charge on any atom is -0.395 e. The van der Waals surface area contributed by atoms with Gasteiger partial charge in [0.15, 0.2) is 0 Å². The van der Waals surface area contributed by atoms with Crippen molar-refractivity contribution < 1.29 is 10.2 Å². The van der Waals surface area contributed by atoms with Gasteiger partial charge in [0.2, 0.25) is 0 Å². The molecule has 2 unspecified atom stereocenters. The van der Waals surface area contributed by atoms with Gasteiger partial charge in [-0.15, -0.1) is 0 Å². The Morgan fingerprint density at radius 1 is 1.33 bits per heavy atom. The Bertz CT molecular complexity index is 96.7. The second-order valence-electron chi connectivity index (χ2n) is 3.52. The summed E-state index contributed by atoms with van der Waals surface area (Å²) in [6, 6.07) is -0.0240. The van der Waals surface area contributed by atoms with Gasteiger partial charge in [-0.2, -0.15) is 0 Å². The lowest BCUT2D eigenvalue weighted by atomic mass is 10.0. The maximum absolute atomic E-state index is 9.43. The van der Waals surface area contributed by atoms with Crippen molar-refractivity contribution in [2.24, 2.45) is 5.92 Å². The summed E-state index contributed by atoms with van der Waals surface area (Å²) in [5.41, 5.74) is 0. The normalized spacial score (nSPS) is 18.8. The van der Waals surface area contributed by atoms with Crippen LogP contribution in [0, 0.1) is 5.92 Å². The van der Waals surface area contributed by atoms with E-state index < -0.39 is 6.23 Å². The van der Waals surface area contributed by atoms with Crippen LogP contribution in [0.1, 0.15) is 33.6 Å². The first kappa shape index (κ1) is 11.9. The van der Waals surface area contributed by atoms with Crippen molar-refractivity contribution in [3.63, 3.8) is 0 Å². The summed E-state index contributed by atoms with van der Waals surface area (Å²) in [4.78, 5) is 0. The predicted octanol–water partition coefficient (Wildman–Crippen LogP) is 0.711. The molecule has 0 saturated heterocycles. The van der Waals surface area contributed by atoms with Gasteiger partial charge in [0.1, 0.15) is 6.23 Å². The summed E-state index contributed by atoms with van der Waals surface area (Å²) in [5.74, 6) is 0.526. The molecule has 0 aromatic heterocycles. The number of nitrogens with one attached hydrogen (secondary N) is 1. The van der Waals surface area contributed by atoms with Gasteiger partial charge in [0, 0.05) is 6.04 Å². The lowest BCUT2D eigenvalue weighted by Crippen LogP contribution is -2.39. The molecule has 0 aliphatic heterocycles. The van der Waals surface area contributed by atoms with E-state index in [1.807, 2.05) is 6.92 Å². The molecule has 12 heavy (non-hydrogen) atoms. The van der Waals surface area contributed by atoms with Crippen LogP contribution in [0.15, 0.2) is 0 Å². The molecule has 0 fully saturated rings. The number of hydrogen-bond acceptors (Lipinski definition) is 3. The van der Waals surface area contributed by atoms with E-state index in [0.717, 1.165) is 12.8 Å². The zero-order chi connectivity index (χ0) is 9.56. The van der Waals surface area contributed by atoms with Crippen molar-refractivity contribution in [3.8, 4) is 0 Å². The highest BCUT2D eigenvalue weighted by Gasteiger charge is 2.10. The molecule has 0 aliphatic carbocycles. The molecule has 0 aromatic rings. The first-order valence-corrected chi connectivity index (χ1v) is 4.65. The Morgan fingerprint density at radius 3 is 2.33 bits per heavy atom. The van der Waals surface area contributed by atoms with Crippen molar-refractivity contribution >= 4 is 0 Å². The third kappa shape index (κ3) is 5.52. The van der Waals surface area contributed by atoms with E-state index >= 15 is 0 Å². The van der Waals surface area contributed by atoms with Gasteiger partial charge in [0.05, 0.1) is 6.61 Å². The fraction of sp³-hybridized carbons (Fsp3) is 1.00. The maximum Gasteiger partial charge on any atom is 0.105 e. The molecule has 0 aliphatic rings. The molecule has 0 heterocycles. The van der Waals surface area contributed by atoms with Gasteiger partial charge in [-0.1, -0.05) is 20.3 Å². The van der Waals surface area contributed by atoms with E-state index in [2.05, 4.69) is 19.2 Å². The van der Waals surface area contributed by atoms with Crippen molar-refractivity contribution in [2.75, 3.05) is 6.61 Å². The monoisotopic (exact) mass is 175 g/mol. The van der Waals surface area contributed by atoms with Crippen molar-refractivity contribution in [1.29, 1.82) is 0 Å². The molecule has 0 aromatic carbocycles. The minimum absolute atomic E-state index is 0.0240. The van der Waals surface area contributed by atoms with Crippen LogP contribution in [0.4, 0.5) is 0 Å². The molecule has 0 rings (SSSR count). The fourth-order valence-corrected chi connectivity index (χ4v) is 0.997. The van der Waals surface area contributed by atoms with Gasteiger partial charge in [-0.05, 0) is 19.3 Å². The van der Waals surface area contributed by atoms with Gasteiger partial charge in [-0.25, -0.2) is 0 Å². The largest absolute Gasteiger partial charge is 0.395 e. The molecule has 3 heteroatoms. The third-order valence-electron chi connectivity index (χ3n) is 2.07. The molecule has 0 saturated carbocycles. The molecule has 0 radical (unpaired) electrons. The van der Waals surface area contributed by atoms with Gasteiger partial charge in [0.25, 0.3) is 0 Å². The molecular formula is C9H21NO2. The van der Waals surface area contributed by atoms with Crippen LogP contribution >= 0.6 is 0 Å². The molecule has 0 spiro atoms. The standard InChI is InChI=1S/C9H21NO2/c1-4-7(2)5-9(12)10-8(3)6-11/h7-12H,4-6H2,1-3H3/t7-,8?,9?/m0/s1. The Morgan fingerprint density at radius 2 is 1.92 bits per heavy atom. The molecule has 3 atom stereocenters. The highest BCUT2D eigenvalue weighted by atomic mass is 16.3.